The highest BCUT2D eigenvalue weighted by atomic mass is 16.4. The van der Waals surface area contributed by atoms with Gasteiger partial charge in [-0.15, -0.1) is 0 Å². The molecule has 0 fully saturated rings. The molecule has 0 atom stereocenters. The monoisotopic (exact) mass is 236 g/mol. The van der Waals surface area contributed by atoms with Gasteiger partial charge in [0.15, 0.2) is 0 Å². The van der Waals surface area contributed by atoms with Crippen LogP contribution in [-0.4, -0.2) is 23.7 Å². The topological polar surface area (TPSA) is 78.4 Å². The predicted molar refractivity (Wildman–Crippen MR) is 65.1 cm³/mol. The van der Waals surface area contributed by atoms with E-state index in [2.05, 4.69) is 10.6 Å². The minimum atomic E-state index is -0.856. The van der Waals surface area contributed by atoms with Gasteiger partial charge >= 0.3 is 12.0 Å². The molecule has 0 aliphatic heterocycles. The van der Waals surface area contributed by atoms with E-state index in [1.165, 1.54) is 0 Å². The highest BCUT2D eigenvalue weighted by Crippen LogP contribution is 2.08. The first-order valence-corrected chi connectivity index (χ1v) is 5.41. The summed E-state index contributed by atoms with van der Waals surface area (Å²) in [6.07, 6.45) is 0.487. The molecule has 1 aromatic carbocycles. The van der Waals surface area contributed by atoms with Crippen LogP contribution in [0.25, 0.3) is 0 Å². The minimum absolute atomic E-state index is 0.0602. The lowest BCUT2D eigenvalue weighted by molar-refractivity contribution is -0.137. The Bertz CT molecular complexity index is 404. The zero-order chi connectivity index (χ0) is 12.7. The Morgan fingerprint density at radius 3 is 2.76 bits per heavy atom. The van der Waals surface area contributed by atoms with E-state index in [-0.39, 0.29) is 12.5 Å². The zero-order valence-corrected chi connectivity index (χ0v) is 9.69. The number of anilines is 1. The van der Waals surface area contributed by atoms with E-state index < -0.39 is 5.97 Å². The minimum Gasteiger partial charge on any atom is -0.481 e. The molecule has 0 saturated carbocycles. The molecule has 0 radical (unpaired) electrons. The number of nitrogens with one attached hydrogen (secondary N) is 2. The molecule has 92 valence electrons. The van der Waals surface area contributed by atoms with Gasteiger partial charge < -0.3 is 15.7 Å². The first-order valence-electron chi connectivity index (χ1n) is 5.41. The molecule has 0 spiro atoms. The molecule has 2 amide bonds. The summed E-state index contributed by atoms with van der Waals surface area (Å²) >= 11 is 0. The quantitative estimate of drug-likeness (QED) is 0.684. The molecule has 0 aromatic heterocycles. The molecule has 1 rings (SSSR count). The van der Waals surface area contributed by atoms with Gasteiger partial charge in [-0.25, -0.2) is 4.79 Å². The zero-order valence-electron chi connectivity index (χ0n) is 9.69. The molecule has 0 bridgehead atoms. The van der Waals surface area contributed by atoms with Crippen LogP contribution in [0, 0.1) is 6.92 Å². The number of hydrogen-bond acceptors (Lipinski definition) is 2. The van der Waals surface area contributed by atoms with E-state index >= 15 is 0 Å². The van der Waals surface area contributed by atoms with Crippen LogP contribution in [0.1, 0.15) is 18.4 Å². The summed E-state index contributed by atoms with van der Waals surface area (Å²) in [6, 6.07) is 7.13. The number of carboxylic acid groups (broad SMARTS) is 1. The van der Waals surface area contributed by atoms with Gasteiger partial charge in [-0.2, -0.15) is 0 Å². The molecule has 1 aromatic rings. The van der Waals surface area contributed by atoms with Gasteiger partial charge in [-0.05, 0) is 31.0 Å². The fourth-order valence-electron chi connectivity index (χ4n) is 1.34. The van der Waals surface area contributed by atoms with Crippen molar-refractivity contribution in [1.82, 2.24) is 5.32 Å². The van der Waals surface area contributed by atoms with E-state index in [0.717, 1.165) is 11.3 Å². The second-order valence-electron chi connectivity index (χ2n) is 3.75. The molecule has 5 nitrogen and oxygen atoms in total. The van der Waals surface area contributed by atoms with Crippen molar-refractivity contribution in [2.45, 2.75) is 19.8 Å². The standard InChI is InChI=1S/C12H16N2O3/c1-9-4-2-5-10(8-9)14-12(17)13-7-3-6-11(15)16/h2,4-5,8H,3,6-7H2,1H3,(H,15,16)(H2,13,14,17). The molecule has 5 heteroatoms. The van der Waals surface area contributed by atoms with Crippen molar-refractivity contribution < 1.29 is 14.7 Å². The van der Waals surface area contributed by atoms with E-state index in [9.17, 15) is 9.59 Å². The van der Waals surface area contributed by atoms with Crippen molar-refractivity contribution in [2.75, 3.05) is 11.9 Å². The summed E-state index contributed by atoms with van der Waals surface area (Å²) in [4.78, 5) is 21.6. The molecule has 0 aliphatic carbocycles. The van der Waals surface area contributed by atoms with E-state index in [1.807, 2.05) is 25.1 Å². The van der Waals surface area contributed by atoms with Gasteiger partial charge in [0.25, 0.3) is 0 Å². The molecule has 3 N–H and O–H groups in total. The lowest BCUT2D eigenvalue weighted by Gasteiger charge is -2.07. The fraction of sp³-hybridized carbons (Fsp3) is 0.333. The first-order chi connectivity index (χ1) is 8.08. The van der Waals surface area contributed by atoms with Crippen molar-refractivity contribution in [1.29, 1.82) is 0 Å². The van der Waals surface area contributed by atoms with Crippen molar-refractivity contribution in [3.63, 3.8) is 0 Å². The lowest BCUT2D eigenvalue weighted by Crippen LogP contribution is -2.29. The number of carbonyl (C=O) groups is 2. The number of urea groups is 1. The number of amides is 2. The Morgan fingerprint density at radius 1 is 1.35 bits per heavy atom. The summed E-state index contributed by atoms with van der Waals surface area (Å²) in [7, 11) is 0. The number of hydrogen-bond donors (Lipinski definition) is 3. The van der Waals surface area contributed by atoms with E-state index in [4.69, 9.17) is 5.11 Å². The van der Waals surface area contributed by atoms with Crippen LogP contribution in [-0.2, 0) is 4.79 Å². The maximum atomic E-state index is 11.4. The predicted octanol–water partition coefficient (Wildman–Crippen LogP) is 1.98. The number of benzene rings is 1. The van der Waals surface area contributed by atoms with E-state index in [0.29, 0.717) is 13.0 Å². The largest absolute Gasteiger partial charge is 0.481 e. The van der Waals surface area contributed by atoms with Crippen LogP contribution < -0.4 is 10.6 Å². The van der Waals surface area contributed by atoms with Crippen molar-refractivity contribution in [3.8, 4) is 0 Å². The molecular weight excluding hydrogens is 220 g/mol. The molecule has 0 heterocycles. The van der Waals surface area contributed by atoms with Gasteiger partial charge in [0, 0.05) is 18.7 Å². The summed E-state index contributed by atoms with van der Waals surface area (Å²) in [6.45, 7) is 2.29. The molecular formula is C12H16N2O3. The van der Waals surface area contributed by atoms with Gasteiger partial charge in [0.05, 0.1) is 0 Å². The Hall–Kier alpha value is -2.04. The van der Waals surface area contributed by atoms with E-state index in [1.54, 1.807) is 6.07 Å². The highest BCUT2D eigenvalue weighted by molar-refractivity contribution is 5.89. The Labute approximate surface area is 99.8 Å². The third-order valence-electron chi connectivity index (χ3n) is 2.13. The number of carboxylic acids is 1. The lowest BCUT2D eigenvalue weighted by atomic mass is 10.2. The highest BCUT2D eigenvalue weighted by Gasteiger charge is 2.02. The van der Waals surface area contributed by atoms with Crippen LogP contribution in [0.15, 0.2) is 24.3 Å². The average Bonchev–Trinajstić information content (AvgIpc) is 2.24. The van der Waals surface area contributed by atoms with Crippen LogP contribution in [0.2, 0.25) is 0 Å². The van der Waals surface area contributed by atoms with Gasteiger partial charge in [0.2, 0.25) is 0 Å². The van der Waals surface area contributed by atoms with Crippen molar-refractivity contribution >= 4 is 17.7 Å². The third kappa shape index (κ3) is 5.55. The van der Waals surface area contributed by atoms with Crippen LogP contribution in [0.5, 0.6) is 0 Å². The smallest absolute Gasteiger partial charge is 0.319 e. The van der Waals surface area contributed by atoms with Crippen molar-refractivity contribution in [3.05, 3.63) is 29.8 Å². The third-order valence-corrected chi connectivity index (χ3v) is 2.13. The SMILES string of the molecule is Cc1cccc(NC(=O)NCCCC(=O)O)c1. The Balaban J connectivity index is 2.27. The van der Waals surface area contributed by atoms with Crippen LogP contribution >= 0.6 is 0 Å². The Morgan fingerprint density at radius 2 is 2.12 bits per heavy atom. The number of rotatable bonds is 5. The van der Waals surface area contributed by atoms with Gasteiger partial charge in [0.1, 0.15) is 0 Å². The first kappa shape index (κ1) is 13.0. The average molecular weight is 236 g/mol. The maximum Gasteiger partial charge on any atom is 0.319 e. The molecule has 17 heavy (non-hydrogen) atoms. The maximum absolute atomic E-state index is 11.4. The summed E-state index contributed by atoms with van der Waals surface area (Å²) in [5.74, 6) is -0.856. The molecule has 0 unspecified atom stereocenters. The second-order valence-corrected chi connectivity index (χ2v) is 3.75. The molecule has 0 saturated heterocycles. The summed E-state index contributed by atoms with van der Waals surface area (Å²) in [5.41, 5.74) is 1.79. The number of aliphatic carboxylic acids is 1. The fourth-order valence-corrected chi connectivity index (χ4v) is 1.34. The van der Waals surface area contributed by atoms with Crippen LogP contribution in [0.4, 0.5) is 10.5 Å². The number of carbonyl (C=O) groups excluding carboxylic acids is 1. The van der Waals surface area contributed by atoms with Crippen LogP contribution in [0.3, 0.4) is 0 Å². The normalized spacial score (nSPS) is 9.71. The summed E-state index contributed by atoms with van der Waals surface area (Å²) < 4.78 is 0. The van der Waals surface area contributed by atoms with Crippen molar-refractivity contribution in [2.24, 2.45) is 0 Å². The second kappa shape index (κ2) is 6.52. The van der Waals surface area contributed by atoms with Gasteiger partial charge in [-0.3, -0.25) is 4.79 Å². The Kier molecular flexibility index (Phi) is 5.00. The van der Waals surface area contributed by atoms with Gasteiger partial charge in [-0.1, -0.05) is 12.1 Å². The summed E-state index contributed by atoms with van der Waals surface area (Å²) in [5, 5.41) is 13.7. The molecule has 0 aliphatic rings. The number of aryl methyl sites for hydroxylation is 1.